The first-order chi connectivity index (χ1) is 8.91. The van der Waals surface area contributed by atoms with Crippen molar-refractivity contribution < 1.29 is 8.78 Å². The maximum atomic E-state index is 13.8. The molecule has 2 aromatic rings. The van der Waals surface area contributed by atoms with Gasteiger partial charge in [0.05, 0.1) is 21.7 Å². The molecule has 0 fully saturated rings. The highest BCUT2D eigenvalue weighted by Crippen LogP contribution is 2.22. The van der Waals surface area contributed by atoms with Gasteiger partial charge < -0.3 is 0 Å². The van der Waals surface area contributed by atoms with Gasteiger partial charge in [0.25, 0.3) is 5.56 Å². The summed E-state index contributed by atoms with van der Waals surface area (Å²) in [5, 5.41) is 3.82. The highest BCUT2D eigenvalue weighted by Gasteiger charge is 2.15. The highest BCUT2D eigenvalue weighted by molar-refractivity contribution is 9.13. The van der Waals surface area contributed by atoms with Crippen LogP contribution >= 0.6 is 47.8 Å². The number of benzene rings is 1. The van der Waals surface area contributed by atoms with Crippen LogP contribution in [0.4, 0.5) is 8.78 Å². The van der Waals surface area contributed by atoms with Crippen molar-refractivity contribution in [3.63, 3.8) is 0 Å². The quantitative estimate of drug-likeness (QED) is 0.641. The second-order valence-electron chi connectivity index (χ2n) is 3.59. The van der Waals surface area contributed by atoms with Gasteiger partial charge in [-0.2, -0.15) is 5.10 Å². The van der Waals surface area contributed by atoms with E-state index in [1.54, 1.807) is 0 Å². The summed E-state index contributed by atoms with van der Waals surface area (Å²) in [4.78, 5) is 11.9. The Bertz CT molecular complexity index is 703. The van der Waals surface area contributed by atoms with Crippen LogP contribution in [0.2, 0.25) is 0 Å². The SMILES string of the molecule is O=c1c(Br)c(Br)cnn1Cc1c(F)ccc(Br)c1F. The second kappa shape index (κ2) is 5.80. The molecule has 19 heavy (non-hydrogen) atoms. The minimum Gasteiger partial charge on any atom is -0.266 e. The van der Waals surface area contributed by atoms with E-state index in [-0.39, 0.29) is 21.1 Å². The number of nitrogens with zero attached hydrogens (tertiary/aromatic N) is 2. The lowest BCUT2D eigenvalue weighted by Crippen LogP contribution is -2.25. The van der Waals surface area contributed by atoms with Gasteiger partial charge in [-0.15, -0.1) is 0 Å². The zero-order valence-corrected chi connectivity index (χ0v) is 13.9. The van der Waals surface area contributed by atoms with Crippen molar-refractivity contribution in [1.82, 2.24) is 9.78 Å². The van der Waals surface area contributed by atoms with E-state index in [1.165, 1.54) is 12.3 Å². The largest absolute Gasteiger partial charge is 0.282 e. The molecule has 0 radical (unpaired) electrons. The van der Waals surface area contributed by atoms with E-state index in [9.17, 15) is 13.6 Å². The second-order valence-corrected chi connectivity index (χ2v) is 6.09. The molecule has 1 heterocycles. The van der Waals surface area contributed by atoms with Crippen LogP contribution in [-0.2, 0) is 6.54 Å². The van der Waals surface area contributed by atoms with Crippen LogP contribution in [0.1, 0.15) is 5.56 Å². The Morgan fingerprint density at radius 3 is 2.53 bits per heavy atom. The molecular formula is C11H5Br3F2N2O. The molecule has 100 valence electrons. The van der Waals surface area contributed by atoms with Gasteiger partial charge in [-0.3, -0.25) is 4.79 Å². The molecule has 1 aromatic heterocycles. The fraction of sp³-hybridized carbons (Fsp3) is 0.0909. The number of halogens is 5. The van der Waals surface area contributed by atoms with Crippen LogP contribution in [0.3, 0.4) is 0 Å². The van der Waals surface area contributed by atoms with Crippen molar-refractivity contribution in [2.75, 3.05) is 0 Å². The molecule has 0 aliphatic carbocycles. The first kappa shape index (κ1) is 14.8. The molecule has 1 aromatic carbocycles. The Balaban J connectivity index is 2.51. The van der Waals surface area contributed by atoms with Gasteiger partial charge in [-0.1, -0.05) is 0 Å². The summed E-state index contributed by atoms with van der Waals surface area (Å²) >= 11 is 9.18. The van der Waals surface area contributed by atoms with Crippen molar-refractivity contribution in [1.29, 1.82) is 0 Å². The Kier molecular flexibility index (Phi) is 4.52. The van der Waals surface area contributed by atoms with E-state index in [4.69, 9.17) is 0 Å². The molecule has 2 rings (SSSR count). The molecule has 0 aliphatic heterocycles. The van der Waals surface area contributed by atoms with Crippen LogP contribution < -0.4 is 5.56 Å². The fourth-order valence-corrected chi connectivity index (χ4v) is 2.36. The summed E-state index contributed by atoms with van der Waals surface area (Å²) in [6.45, 7) is -0.290. The van der Waals surface area contributed by atoms with Crippen molar-refractivity contribution >= 4 is 47.8 Å². The van der Waals surface area contributed by atoms with Gasteiger partial charge in [-0.05, 0) is 59.9 Å². The molecule has 0 atom stereocenters. The molecule has 0 amide bonds. The van der Waals surface area contributed by atoms with Gasteiger partial charge in [-0.25, -0.2) is 13.5 Å². The van der Waals surface area contributed by atoms with Crippen molar-refractivity contribution in [3.05, 3.63) is 59.3 Å². The highest BCUT2D eigenvalue weighted by atomic mass is 79.9. The molecule has 3 nitrogen and oxygen atoms in total. The van der Waals surface area contributed by atoms with Gasteiger partial charge in [0, 0.05) is 5.56 Å². The molecule has 0 N–H and O–H groups in total. The van der Waals surface area contributed by atoms with Crippen molar-refractivity contribution in [3.8, 4) is 0 Å². The third-order valence-corrected chi connectivity index (χ3v) is 4.90. The van der Waals surface area contributed by atoms with Crippen molar-refractivity contribution in [2.24, 2.45) is 0 Å². The van der Waals surface area contributed by atoms with Gasteiger partial charge in [0.15, 0.2) is 0 Å². The van der Waals surface area contributed by atoms with Crippen LogP contribution in [0.15, 0.2) is 36.5 Å². The first-order valence-corrected chi connectivity index (χ1v) is 7.33. The van der Waals surface area contributed by atoms with Gasteiger partial charge in [0.1, 0.15) is 16.1 Å². The zero-order valence-electron chi connectivity index (χ0n) is 9.13. The van der Waals surface area contributed by atoms with Crippen LogP contribution in [0, 0.1) is 11.6 Å². The van der Waals surface area contributed by atoms with Crippen LogP contribution in [-0.4, -0.2) is 9.78 Å². The predicted octanol–water partition coefficient (Wildman–Crippen LogP) is 3.86. The summed E-state index contributed by atoms with van der Waals surface area (Å²) in [6.07, 6.45) is 1.37. The van der Waals surface area contributed by atoms with E-state index in [2.05, 4.69) is 52.9 Å². The lowest BCUT2D eigenvalue weighted by Gasteiger charge is -2.09. The summed E-state index contributed by atoms with van der Waals surface area (Å²) in [6, 6.07) is 2.39. The Morgan fingerprint density at radius 2 is 1.84 bits per heavy atom. The van der Waals surface area contributed by atoms with E-state index in [0.29, 0.717) is 4.47 Å². The fourth-order valence-electron chi connectivity index (χ4n) is 1.42. The topological polar surface area (TPSA) is 34.9 Å². The lowest BCUT2D eigenvalue weighted by atomic mass is 10.2. The normalized spacial score (nSPS) is 10.8. The van der Waals surface area contributed by atoms with Gasteiger partial charge >= 0.3 is 0 Å². The monoisotopic (exact) mass is 456 g/mol. The Morgan fingerprint density at radius 1 is 1.16 bits per heavy atom. The average molecular weight is 459 g/mol. The Labute approximate surface area is 132 Å². The van der Waals surface area contributed by atoms with Crippen LogP contribution in [0.5, 0.6) is 0 Å². The standard InChI is InChI=1S/C11H5Br3F2N2O/c12-6-1-2-8(15)5(10(6)16)4-18-11(19)9(14)7(13)3-17-18/h1-3H,4H2. The first-order valence-electron chi connectivity index (χ1n) is 4.95. The third kappa shape index (κ3) is 2.95. The summed E-state index contributed by atoms with van der Waals surface area (Å²) in [5.74, 6) is -1.47. The van der Waals surface area contributed by atoms with E-state index in [0.717, 1.165) is 10.7 Å². The molecule has 0 saturated carbocycles. The maximum absolute atomic E-state index is 13.8. The molecule has 0 spiro atoms. The molecule has 8 heteroatoms. The van der Waals surface area contributed by atoms with E-state index < -0.39 is 17.2 Å². The zero-order chi connectivity index (χ0) is 14.2. The molecule has 0 saturated heterocycles. The maximum Gasteiger partial charge on any atom is 0.282 e. The molecule has 0 aliphatic rings. The number of hydrogen-bond acceptors (Lipinski definition) is 2. The molecule has 0 unspecified atom stereocenters. The van der Waals surface area contributed by atoms with Crippen molar-refractivity contribution in [2.45, 2.75) is 6.54 Å². The smallest absolute Gasteiger partial charge is 0.266 e. The lowest BCUT2D eigenvalue weighted by molar-refractivity contribution is 0.520. The predicted molar refractivity (Wildman–Crippen MR) is 77.1 cm³/mol. The Hall–Kier alpha value is -0.600. The van der Waals surface area contributed by atoms with Gasteiger partial charge in [0.2, 0.25) is 0 Å². The number of hydrogen-bond donors (Lipinski definition) is 0. The van der Waals surface area contributed by atoms with E-state index in [1.807, 2.05) is 0 Å². The third-order valence-electron chi connectivity index (χ3n) is 2.39. The average Bonchev–Trinajstić information content (AvgIpc) is 2.39. The summed E-state index contributed by atoms with van der Waals surface area (Å²) < 4.78 is 29.2. The summed E-state index contributed by atoms with van der Waals surface area (Å²) in [5.41, 5.74) is -0.702. The number of aromatic nitrogens is 2. The minimum absolute atomic E-state index is 0.133. The number of rotatable bonds is 2. The molecule has 0 bridgehead atoms. The summed E-state index contributed by atoms with van der Waals surface area (Å²) in [7, 11) is 0. The molecular weight excluding hydrogens is 454 g/mol. The van der Waals surface area contributed by atoms with Crippen LogP contribution in [0.25, 0.3) is 0 Å². The van der Waals surface area contributed by atoms with E-state index >= 15 is 0 Å². The minimum atomic E-state index is -0.743.